The van der Waals surface area contributed by atoms with Gasteiger partial charge in [-0.15, -0.1) is 0 Å². The van der Waals surface area contributed by atoms with Crippen molar-refractivity contribution in [3.05, 3.63) is 46.6 Å². The van der Waals surface area contributed by atoms with E-state index in [2.05, 4.69) is 9.97 Å². The standard InChI is InChI=1S/C12H8ClF3N2/c1-2-6-11(17-5-18-12(6)13)7-3-4-8(14)10(16)9(7)15/h3-5H,2H2,1H3. The lowest BCUT2D eigenvalue weighted by Crippen LogP contribution is -2.00. The van der Waals surface area contributed by atoms with Gasteiger partial charge in [0.05, 0.1) is 5.69 Å². The Morgan fingerprint density at radius 3 is 2.50 bits per heavy atom. The van der Waals surface area contributed by atoms with Crippen LogP contribution in [0.2, 0.25) is 5.15 Å². The van der Waals surface area contributed by atoms with Crippen LogP contribution in [0.15, 0.2) is 18.5 Å². The van der Waals surface area contributed by atoms with Crippen LogP contribution in [0.25, 0.3) is 11.3 Å². The maximum atomic E-state index is 13.7. The molecule has 0 fully saturated rings. The summed E-state index contributed by atoms with van der Waals surface area (Å²) in [5, 5.41) is 0.173. The fourth-order valence-corrected chi connectivity index (χ4v) is 1.91. The number of rotatable bonds is 2. The van der Waals surface area contributed by atoms with Crippen LogP contribution in [-0.2, 0) is 6.42 Å². The molecule has 0 atom stereocenters. The fraction of sp³-hybridized carbons (Fsp3) is 0.167. The van der Waals surface area contributed by atoms with Crippen molar-refractivity contribution in [2.45, 2.75) is 13.3 Å². The first-order valence-electron chi connectivity index (χ1n) is 5.19. The van der Waals surface area contributed by atoms with Crippen molar-refractivity contribution < 1.29 is 13.2 Å². The maximum Gasteiger partial charge on any atom is 0.195 e. The van der Waals surface area contributed by atoms with Gasteiger partial charge in [0.1, 0.15) is 11.5 Å². The number of aromatic nitrogens is 2. The second kappa shape index (κ2) is 4.94. The predicted octanol–water partition coefficient (Wildman–Crippen LogP) is 3.78. The van der Waals surface area contributed by atoms with Crippen LogP contribution in [0.3, 0.4) is 0 Å². The van der Waals surface area contributed by atoms with Gasteiger partial charge in [0, 0.05) is 11.1 Å². The van der Waals surface area contributed by atoms with E-state index in [0.717, 1.165) is 18.5 Å². The van der Waals surface area contributed by atoms with Gasteiger partial charge in [0.15, 0.2) is 17.5 Å². The lowest BCUT2D eigenvalue weighted by Gasteiger charge is -2.09. The molecule has 1 aromatic carbocycles. The van der Waals surface area contributed by atoms with E-state index < -0.39 is 17.5 Å². The molecule has 1 aromatic heterocycles. The second-order valence-corrected chi connectivity index (χ2v) is 3.93. The zero-order chi connectivity index (χ0) is 13.3. The molecule has 0 aliphatic carbocycles. The third-order valence-electron chi connectivity index (χ3n) is 2.54. The van der Waals surface area contributed by atoms with Gasteiger partial charge in [-0.25, -0.2) is 23.1 Å². The molecule has 2 rings (SSSR count). The van der Waals surface area contributed by atoms with Gasteiger partial charge in [-0.1, -0.05) is 18.5 Å². The van der Waals surface area contributed by atoms with Gasteiger partial charge in [0.2, 0.25) is 0 Å². The molecule has 1 heterocycles. The zero-order valence-corrected chi connectivity index (χ0v) is 10.1. The summed E-state index contributed by atoms with van der Waals surface area (Å²) in [5.74, 6) is -4.04. The normalized spacial score (nSPS) is 10.7. The number of halogens is 4. The van der Waals surface area contributed by atoms with Crippen molar-refractivity contribution in [1.82, 2.24) is 9.97 Å². The van der Waals surface area contributed by atoms with Crippen molar-refractivity contribution in [1.29, 1.82) is 0 Å². The van der Waals surface area contributed by atoms with Crippen LogP contribution in [0.1, 0.15) is 12.5 Å². The van der Waals surface area contributed by atoms with E-state index >= 15 is 0 Å². The SMILES string of the molecule is CCc1c(Cl)ncnc1-c1ccc(F)c(F)c1F. The second-order valence-electron chi connectivity index (χ2n) is 3.57. The number of hydrogen-bond acceptors (Lipinski definition) is 2. The summed E-state index contributed by atoms with van der Waals surface area (Å²) in [4.78, 5) is 7.66. The van der Waals surface area contributed by atoms with Crippen LogP contribution in [-0.4, -0.2) is 9.97 Å². The highest BCUT2D eigenvalue weighted by atomic mass is 35.5. The lowest BCUT2D eigenvalue weighted by atomic mass is 10.0. The molecule has 2 aromatic rings. The number of hydrogen-bond donors (Lipinski definition) is 0. The maximum absolute atomic E-state index is 13.7. The van der Waals surface area contributed by atoms with Crippen LogP contribution >= 0.6 is 11.6 Å². The van der Waals surface area contributed by atoms with E-state index in [4.69, 9.17) is 11.6 Å². The third-order valence-corrected chi connectivity index (χ3v) is 2.86. The summed E-state index contributed by atoms with van der Waals surface area (Å²) in [6.45, 7) is 1.78. The van der Waals surface area contributed by atoms with Crippen LogP contribution in [0.5, 0.6) is 0 Å². The molecule has 94 valence electrons. The molecule has 0 amide bonds. The van der Waals surface area contributed by atoms with Crippen LogP contribution < -0.4 is 0 Å². The van der Waals surface area contributed by atoms with E-state index in [1.807, 2.05) is 0 Å². The highest BCUT2D eigenvalue weighted by molar-refractivity contribution is 6.30. The number of benzene rings is 1. The molecule has 6 heteroatoms. The van der Waals surface area contributed by atoms with Gasteiger partial charge < -0.3 is 0 Å². The predicted molar refractivity (Wildman–Crippen MR) is 61.7 cm³/mol. The average Bonchev–Trinajstić information content (AvgIpc) is 2.36. The zero-order valence-electron chi connectivity index (χ0n) is 9.35. The van der Waals surface area contributed by atoms with Gasteiger partial charge in [-0.3, -0.25) is 0 Å². The molecule has 0 aliphatic heterocycles. The Balaban J connectivity index is 2.70. The Bertz CT molecular complexity index is 602. The topological polar surface area (TPSA) is 25.8 Å². The smallest absolute Gasteiger partial charge is 0.195 e. The monoisotopic (exact) mass is 272 g/mol. The first kappa shape index (κ1) is 12.8. The molecule has 0 saturated heterocycles. The molecule has 2 nitrogen and oxygen atoms in total. The molecule has 0 saturated carbocycles. The molecule has 0 bridgehead atoms. The van der Waals surface area contributed by atoms with Crippen molar-refractivity contribution in [2.75, 3.05) is 0 Å². The number of nitrogens with zero attached hydrogens (tertiary/aromatic N) is 2. The van der Waals surface area contributed by atoms with E-state index in [-0.39, 0.29) is 16.4 Å². The third kappa shape index (κ3) is 2.06. The molecular formula is C12H8ClF3N2. The van der Waals surface area contributed by atoms with Crippen molar-refractivity contribution in [3.63, 3.8) is 0 Å². The van der Waals surface area contributed by atoms with E-state index in [1.165, 1.54) is 0 Å². The van der Waals surface area contributed by atoms with Crippen molar-refractivity contribution >= 4 is 11.6 Å². The minimum absolute atomic E-state index is 0.130. The Kier molecular flexibility index (Phi) is 3.52. The Labute approximate surface area is 106 Å². The minimum atomic E-state index is -1.52. The lowest BCUT2D eigenvalue weighted by molar-refractivity contribution is 0.448. The summed E-state index contributed by atoms with van der Waals surface area (Å²) in [7, 11) is 0. The molecule has 0 N–H and O–H groups in total. The first-order valence-corrected chi connectivity index (χ1v) is 5.57. The molecule has 18 heavy (non-hydrogen) atoms. The molecular weight excluding hydrogens is 265 g/mol. The molecule has 0 radical (unpaired) electrons. The van der Waals surface area contributed by atoms with E-state index in [1.54, 1.807) is 6.92 Å². The van der Waals surface area contributed by atoms with Gasteiger partial charge in [0.25, 0.3) is 0 Å². The van der Waals surface area contributed by atoms with Crippen LogP contribution in [0.4, 0.5) is 13.2 Å². The van der Waals surface area contributed by atoms with E-state index in [9.17, 15) is 13.2 Å². The van der Waals surface area contributed by atoms with Gasteiger partial charge in [-0.05, 0) is 18.6 Å². The Hall–Kier alpha value is -1.62. The summed E-state index contributed by atoms with van der Waals surface area (Å²) in [5.41, 5.74) is 0.535. The molecule has 0 spiro atoms. The quantitative estimate of drug-likeness (QED) is 0.614. The average molecular weight is 273 g/mol. The fourth-order valence-electron chi connectivity index (χ4n) is 1.65. The van der Waals surface area contributed by atoms with E-state index in [0.29, 0.717) is 12.0 Å². The Morgan fingerprint density at radius 1 is 1.11 bits per heavy atom. The van der Waals surface area contributed by atoms with Crippen LogP contribution in [0, 0.1) is 17.5 Å². The van der Waals surface area contributed by atoms with Crippen molar-refractivity contribution in [3.8, 4) is 11.3 Å². The summed E-state index contributed by atoms with van der Waals surface area (Å²) < 4.78 is 39.7. The molecule has 0 aliphatic rings. The summed E-state index contributed by atoms with van der Waals surface area (Å²) in [6.07, 6.45) is 1.60. The van der Waals surface area contributed by atoms with Crippen molar-refractivity contribution in [2.24, 2.45) is 0 Å². The summed E-state index contributed by atoms with van der Waals surface area (Å²) >= 11 is 5.86. The Morgan fingerprint density at radius 2 is 1.83 bits per heavy atom. The van der Waals surface area contributed by atoms with Gasteiger partial charge in [-0.2, -0.15) is 0 Å². The highest BCUT2D eigenvalue weighted by Crippen LogP contribution is 2.29. The van der Waals surface area contributed by atoms with Gasteiger partial charge >= 0.3 is 0 Å². The highest BCUT2D eigenvalue weighted by Gasteiger charge is 2.19. The first-order chi connectivity index (χ1) is 8.56. The largest absolute Gasteiger partial charge is 0.236 e. The molecule has 0 unspecified atom stereocenters. The summed E-state index contributed by atoms with van der Waals surface area (Å²) in [6, 6.07) is 1.98. The minimum Gasteiger partial charge on any atom is -0.236 e.